The van der Waals surface area contributed by atoms with E-state index in [9.17, 15) is 9.90 Å². The lowest BCUT2D eigenvalue weighted by Gasteiger charge is -2.23. The van der Waals surface area contributed by atoms with E-state index >= 15 is 0 Å². The molecule has 1 aliphatic rings. The molecule has 1 aliphatic heterocycles. The predicted molar refractivity (Wildman–Crippen MR) is 61.9 cm³/mol. The van der Waals surface area contributed by atoms with E-state index in [2.05, 4.69) is 0 Å². The van der Waals surface area contributed by atoms with E-state index in [0.29, 0.717) is 19.5 Å². The van der Waals surface area contributed by atoms with Crippen molar-refractivity contribution in [3.63, 3.8) is 0 Å². The Hall–Kier alpha value is -0.320. The fourth-order valence-electron chi connectivity index (χ4n) is 1.65. The number of β-amino-alcohol motifs (C(OH)–C–C–N with tert-alkyl or cyclic N) is 1. The molecule has 0 bridgehead atoms. The van der Waals surface area contributed by atoms with Crippen LogP contribution in [0.25, 0.3) is 0 Å². The van der Waals surface area contributed by atoms with E-state index in [0.717, 1.165) is 6.42 Å². The van der Waals surface area contributed by atoms with Gasteiger partial charge in [-0.2, -0.15) is 0 Å². The number of hydrogen-bond donors (Lipinski definition) is 2. The minimum atomic E-state index is -0.412. The summed E-state index contributed by atoms with van der Waals surface area (Å²) < 4.78 is 0. The zero-order chi connectivity index (χ0) is 10.7. The van der Waals surface area contributed by atoms with E-state index in [1.807, 2.05) is 13.8 Å². The average Bonchev–Trinajstić information content (AvgIpc) is 2.61. The van der Waals surface area contributed by atoms with Crippen molar-refractivity contribution in [3.8, 4) is 0 Å². The highest BCUT2D eigenvalue weighted by Gasteiger charge is 2.29. The second-order valence-corrected chi connectivity index (χ2v) is 4.14. The van der Waals surface area contributed by atoms with Crippen LogP contribution in [-0.2, 0) is 4.79 Å². The summed E-state index contributed by atoms with van der Waals surface area (Å²) in [5.74, 6) is 0.191. The van der Waals surface area contributed by atoms with Crippen molar-refractivity contribution < 1.29 is 9.90 Å². The minimum Gasteiger partial charge on any atom is -0.391 e. The van der Waals surface area contributed by atoms with E-state index in [1.54, 1.807) is 4.90 Å². The van der Waals surface area contributed by atoms with Crippen molar-refractivity contribution >= 4 is 18.3 Å². The topological polar surface area (TPSA) is 66.6 Å². The van der Waals surface area contributed by atoms with Crippen molar-refractivity contribution in [1.29, 1.82) is 0 Å². The molecule has 4 nitrogen and oxygen atoms in total. The molecule has 1 fully saturated rings. The van der Waals surface area contributed by atoms with Crippen LogP contribution in [0, 0.1) is 5.92 Å². The van der Waals surface area contributed by atoms with Gasteiger partial charge in [0.25, 0.3) is 0 Å². The molecule has 0 saturated carbocycles. The summed E-state index contributed by atoms with van der Waals surface area (Å²) in [6.45, 7) is 5.10. The normalized spacial score (nSPS) is 24.5. The highest BCUT2D eigenvalue weighted by Crippen LogP contribution is 2.14. The molecule has 0 aromatic heterocycles. The zero-order valence-electron chi connectivity index (χ0n) is 9.35. The van der Waals surface area contributed by atoms with E-state index in [4.69, 9.17) is 5.73 Å². The first-order valence-electron chi connectivity index (χ1n) is 5.28. The van der Waals surface area contributed by atoms with Gasteiger partial charge in [0.2, 0.25) is 5.91 Å². The van der Waals surface area contributed by atoms with Crippen molar-refractivity contribution in [2.75, 3.05) is 13.1 Å². The van der Waals surface area contributed by atoms with E-state index < -0.39 is 6.04 Å². The van der Waals surface area contributed by atoms with Gasteiger partial charge in [0, 0.05) is 13.1 Å². The molecular weight excluding hydrogens is 216 g/mol. The van der Waals surface area contributed by atoms with Gasteiger partial charge < -0.3 is 15.7 Å². The molecule has 0 radical (unpaired) electrons. The fourth-order valence-corrected chi connectivity index (χ4v) is 1.65. The number of amides is 1. The lowest BCUT2D eigenvalue weighted by atomic mass is 9.99. The summed E-state index contributed by atoms with van der Waals surface area (Å²) in [5.41, 5.74) is 5.82. The molecule has 1 heterocycles. The number of halogens is 1. The van der Waals surface area contributed by atoms with Crippen molar-refractivity contribution in [3.05, 3.63) is 0 Å². The monoisotopic (exact) mass is 236 g/mol. The molecule has 0 aliphatic carbocycles. The predicted octanol–water partition coefficient (Wildman–Crippen LogP) is 0.375. The first-order valence-corrected chi connectivity index (χ1v) is 5.28. The number of likely N-dealkylation sites (tertiary alicyclic amines) is 1. The van der Waals surface area contributed by atoms with Crippen LogP contribution in [-0.4, -0.2) is 41.1 Å². The second kappa shape index (κ2) is 6.30. The number of carbonyl (C=O) groups is 1. The van der Waals surface area contributed by atoms with Crippen LogP contribution < -0.4 is 5.73 Å². The molecule has 15 heavy (non-hydrogen) atoms. The number of rotatable bonds is 3. The molecule has 0 spiro atoms. The summed E-state index contributed by atoms with van der Waals surface area (Å²) >= 11 is 0. The quantitative estimate of drug-likeness (QED) is 0.745. The molecule has 0 aromatic carbocycles. The van der Waals surface area contributed by atoms with Gasteiger partial charge in [-0.05, 0) is 12.3 Å². The van der Waals surface area contributed by atoms with E-state index in [-0.39, 0.29) is 30.3 Å². The van der Waals surface area contributed by atoms with Crippen LogP contribution >= 0.6 is 12.4 Å². The second-order valence-electron chi connectivity index (χ2n) is 4.14. The summed E-state index contributed by atoms with van der Waals surface area (Å²) in [5, 5.41) is 9.29. The number of aliphatic hydroxyl groups is 1. The van der Waals surface area contributed by atoms with Gasteiger partial charge in [-0.1, -0.05) is 20.3 Å². The number of aliphatic hydroxyl groups excluding tert-OH is 1. The van der Waals surface area contributed by atoms with Crippen molar-refractivity contribution in [2.24, 2.45) is 11.7 Å². The maximum absolute atomic E-state index is 11.8. The van der Waals surface area contributed by atoms with Crippen LogP contribution in [0.3, 0.4) is 0 Å². The van der Waals surface area contributed by atoms with Gasteiger partial charge in [-0.15, -0.1) is 12.4 Å². The standard InChI is InChI=1S/C10H20N2O2.ClH/c1-3-7(2)9(11)10(14)12-5-4-8(13)6-12;/h7-9,13H,3-6,11H2,1-2H3;1H/t7?,8-,9?;/m1./s1. The SMILES string of the molecule is CCC(C)C(N)C(=O)N1CC[C@@H](O)C1.Cl. The summed E-state index contributed by atoms with van der Waals surface area (Å²) in [6.07, 6.45) is 1.23. The average molecular weight is 237 g/mol. The highest BCUT2D eigenvalue weighted by atomic mass is 35.5. The Morgan fingerprint density at radius 2 is 2.27 bits per heavy atom. The first kappa shape index (κ1) is 14.7. The number of nitrogens with zero attached hydrogens (tertiary/aromatic N) is 1. The molecule has 0 aromatic rings. The van der Waals surface area contributed by atoms with Gasteiger partial charge in [-0.3, -0.25) is 4.79 Å². The number of carbonyl (C=O) groups excluding carboxylic acids is 1. The summed E-state index contributed by atoms with van der Waals surface area (Å²) in [6, 6.07) is -0.412. The van der Waals surface area contributed by atoms with Gasteiger partial charge in [0.15, 0.2) is 0 Å². The van der Waals surface area contributed by atoms with Gasteiger partial charge in [0.05, 0.1) is 12.1 Å². The first-order chi connectivity index (χ1) is 6.56. The third-order valence-electron chi connectivity index (χ3n) is 3.02. The third-order valence-corrected chi connectivity index (χ3v) is 3.02. The Morgan fingerprint density at radius 3 is 2.67 bits per heavy atom. The van der Waals surface area contributed by atoms with Crippen molar-refractivity contribution in [1.82, 2.24) is 4.90 Å². The van der Waals surface area contributed by atoms with Gasteiger partial charge >= 0.3 is 0 Å². The van der Waals surface area contributed by atoms with Gasteiger partial charge in [0.1, 0.15) is 0 Å². The maximum Gasteiger partial charge on any atom is 0.239 e. The number of nitrogens with two attached hydrogens (primary N) is 1. The van der Waals surface area contributed by atoms with Crippen LogP contribution in [0.5, 0.6) is 0 Å². The Balaban J connectivity index is 0.00000196. The van der Waals surface area contributed by atoms with Crippen molar-refractivity contribution in [2.45, 2.75) is 38.8 Å². The van der Waals surface area contributed by atoms with Gasteiger partial charge in [-0.25, -0.2) is 0 Å². The zero-order valence-corrected chi connectivity index (χ0v) is 10.2. The van der Waals surface area contributed by atoms with Crippen LogP contribution in [0.1, 0.15) is 26.7 Å². The fraction of sp³-hybridized carbons (Fsp3) is 0.900. The maximum atomic E-state index is 11.8. The molecule has 3 N–H and O–H groups in total. The molecular formula is C10H21ClN2O2. The lowest BCUT2D eigenvalue weighted by Crippen LogP contribution is -2.46. The smallest absolute Gasteiger partial charge is 0.239 e. The highest BCUT2D eigenvalue weighted by molar-refractivity contribution is 5.85. The molecule has 1 saturated heterocycles. The Bertz CT molecular complexity index is 210. The molecule has 1 amide bonds. The largest absolute Gasteiger partial charge is 0.391 e. The van der Waals surface area contributed by atoms with Crippen LogP contribution in [0.4, 0.5) is 0 Å². The molecule has 5 heteroatoms. The molecule has 3 atom stereocenters. The summed E-state index contributed by atoms with van der Waals surface area (Å²) in [7, 11) is 0. The van der Waals surface area contributed by atoms with E-state index in [1.165, 1.54) is 0 Å². The lowest BCUT2D eigenvalue weighted by molar-refractivity contribution is -0.133. The molecule has 2 unspecified atom stereocenters. The Labute approximate surface area is 97.2 Å². The minimum absolute atomic E-state index is 0. The number of hydrogen-bond acceptors (Lipinski definition) is 3. The Kier molecular flexibility index (Phi) is 6.17. The Morgan fingerprint density at radius 1 is 1.67 bits per heavy atom. The van der Waals surface area contributed by atoms with Crippen LogP contribution in [0.15, 0.2) is 0 Å². The third kappa shape index (κ3) is 3.63. The summed E-state index contributed by atoms with van der Waals surface area (Å²) in [4.78, 5) is 13.4. The van der Waals surface area contributed by atoms with Crippen LogP contribution in [0.2, 0.25) is 0 Å². The molecule has 90 valence electrons. The molecule has 1 rings (SSSR count).